The maximum atomic E-state index is 5.31. The fourth-order valence-electron chi connectivity index (χ4n) is 1.66. The second kappa shape index (κ2) is 8.20. The molecule has 0 bridgehead atoms. The summed E-state index contributed by atoms with van der Waals surface area (Å²) in [5.74, 6) is 0.909. The summed E-state index contributed by atoms with van der Waals surface area (Å²) in [5, 5.41) is 0. The highest BCUT2D eigenvalue weighted by Gasteiger charge is 2.02. The fraction of sp³-hybridized carbons (Fsp3) is 0.294. The fourth-order valence-corrected chi connectivity index (χ4v) is 1.66. The molecule has 2 nitrogen and oxygen atoms in total. The van der Waals surface area contributed by atoms with Crippen LogP contribution in [-0.2, 0) is 0 Å². The Morgan fingerprint density at radius 1 is 1.21 bits per heavy atom. The minimum Gasteiger partial charge on any atom is -0.496 e. The molecule has 104 valence electrons. The van der Waals surface area contributed by atoms with E-state index >= 15 is 0 Å². The van der Waals surface area contributed by atoms with Crippen molar-refractivity contribution in [1.82, 2.24) is 4.57 Å². The predicted octanol–water partition coefficient (Wildman–Crippen LogP) is 5.10. The third-order valence-electron chi connectivity index (χ3n) is 2.64. The highest BCUT2D eigenvalue weighted by atomic mass is 16.5. The standard InChI is InChI=1S/C14H15NO.C2H6.CH4/c1-4-12-7-8-15(10-12)13-6-5-11(2)14(9-13)16-3;1-2;/h4-10H,1H2,2-3H3;1-2H3;1H4. The SMILES string of the molecule is C.C=Cc1ccn(-c2ccc(C)c(OC)c2)c1.CC. The third-order valence-corrected chi connectivity index (χ3v) is 2.64. The quantitative estimate of drug-likeness (QED) is 0.748. The van der Waals surface area contributed by atoms with E-state index in [0.717, 1.165) is 22.6 Å². The lowest BCUT2D eigenvalue weighted by atomic mass is 10.2. The van der Waals surface area contributed by atoms with E-state index in [2.05, 4.69) is 23.3 Å². The minimum absolute atomic E-state index is 0. The first-order valence-electron chi connectivity index (χ1n) is 6.20. The molecule has 0 saturated heterocycles. The number of aromatic nitrogens is 1. The zero-order valence-corrected chi connectivity index (χ0v) is 11.6. The molecule has 19 heavy (non-hydrogen) atoms. The van der Waals surface area contributed by atoms with Crippen molar-refractivity contribution in [2.24, 2.45) is 0 Å². The predicted molar refractivity (Wildman–Crippen MR) is 85.2 cm³/mol. The lowest BCUT2D eigenvalue weighted by Gasteiger charge is -2.08. The number of ether oxygens (including phenoxy) is 1. The Morgan fingerprint density at radius 3 is 2.42 bits per heavy atom. The Bertz CT molecular complexity index is 512. The molecule has 1 aromatic carbocycles. The van der Waals surface area contributed by atoms with Crippen molar-refractivity contribution in [3.8, 4) is 11.4 Å². The van der Waals surface area contributed by atoms with Gasteiger partial charge in [-0.25, -0.2) is 0 Å². The molecule has 2 aromatic rings. The van der Waals surface area contributed by atoms with Gasteiger partial charge in [0.2, 0.25) is 0 Å². The molecule has 0 atom stereocenters. The molecule has 0 spiro atoms. The average Bonchev–Trinajstić information content (AvgIpc) is 2.90. The Kier molecular flexibility index (Phi) is 7.35. The summed E-state index contributed by atoms with van der Waals surface area (Å²) in [6, 6.07) is 8.19. The summed E-state index contributed by atoms with van der Waals surface area (Å²) in [5.41, 5.74) is 3.34. The molecule has 1 aromatic heterocycles. The van der Waals surface area contributed by atoms with Gasteiger partial charge in [-0.2, -0.15) is 0 Å². The molecule has 0 radical (unpaired) electrons. The molecule has 1 heterocycles. The maximum absolute atomic E-state index is 5.31. The molecule has 0 aliphatic rings. The summed E-state index contributed by atoms with van der Waals surface area (Å²) in [6.45, 7) is 9.78. The van der Waals surface area contributed by atoms with Gasteiger partial charge in [-0.15, -0.1) is 0 Å². The van der Waals surface area contributed by atoms with Gasteiger partial charge >= 0.3 is 0 Å². The van der Waals surface area contributed by atoms with Crippen LogP contribution in [0.2, 0.25) is 0 Å². The molecular weight excluding hydrogens is 234 g/mol. The van der Waals surface area contributed by atoms with E-state index < -0.39 is 0 Å². The van der Waals surface area contributed by atoms with Crippen LogP contribution in [0.15, 0.2) is 43.2 Å². The van der Waals surface area contributed by atoms with Crippen LogP contribution in [0.4, 0.5) is 0 Å². The second-order valence-electron chi connectivity index (χ2n) is 3.71. The monoisotopic (exact) mass is 259 g/mol. The van der Waals surface area contributed by atoms with Crippen LogP contribution in [-0.4, -0.2) is 11.7 Å². The number of hydrogen-bond donors (Lipinski definition) is 0. The van der Waals surface area contributed by atoms with E-state index in [9.17, 15) is 0 Å². The smallest absolute Gasteiger partial charge is 0.123 e. The topological polar surface area (TPSA) is 14.2 Å². The van der Waals surface area contributed by atoms with Crippen LogP contribution in [0.1, 0.15) is 32.4 Å². The van der Waals surface area contributed by atoms with Gasteiger partial charge in [-0.05, 0) is 30.2 Å². The average molecular weight is 259 g/mol. The first-order chi connectivity index (χ1) is 8.74. The van der Waals surface area contributed by atoms with Crippen molar-refractivity contribution in [2.75, 3.05) is 7.11 Å². The number of aryl methyl sites for hydroxylation is 1. The summed E-state index contributed by atoms with van der Waals surface area (Å²) < 4.78 is 7.36. The van der Waals surface area contributed by atoms with E-state index in [1.54, 1.807) is 7.11 Å². The Labute approximate surface area is 117 Å². The minimum atomic E-state index is 0. The number of rotatable bonds is 3. The Balaban J connectivity index is 0.00000103. The van der Waals surface area contributed by atoms with Gasteiger partial charge < -0.3 is 9.30 Å². The molecule has 0 unspecified atom stereocenters. The lowest BCUT2D eigenvalue weighted by molar-refractivity contribution is 0.411. The molecule has 0 aliphatic carbocycles. The lowest BCUT2D eigenvalue weighted by Crippen LogP contribution is -1.93. The number of methoxy groups -OCH3 is 1. The third kappa shape index (κ3) is 4.02. The summed E-state index contributed by atoms with van der Waals surface area (Å²) in [4.78, 5) is 0. The van der Waals surface area contributed by atoms with Crippen molar-refractivity contribution in [1.29, 1.82) is 0 Å². The molecule has 0 fully saturated rings. The van der Waals surface area contributed by atoms with Crippen LogP contribution in [0.5, 0.6) is 5.75 Å². The van der Waals surface area contributed by atoms with E-state index in [0.29, 0.717) is 0 Å². The van der Waals surface area contributed by atoms with Gasteiger partial charge in [-0.3, -0.25) is 0 Å². The van der Waals surface area contributed by atoms with E-state index in [1.807, 2.05) is 51.4 Å². The largest absolute Gasteiger partial charge is 0.496 e. The number of hydrogen-bond acceptors (Lipinski definition) is 1. The summed E-state index contributed by atoms with van der Waals surface area (Å²) in [6.07, 6.45) is 5.89. The normalized spacial score (nSPS) is 8.84. The first kappa shape index (κ1) is 17.0. The van der Waals surface area contributed by atoms with E-state index in [4.69, 9.17) is 4.74 Å². The van der Waals surface area contributed by atoms with Crippen molar-refractivity contribution < 1.29 is 4.74 Å². The second-order valence-corrected chi connectivity index (χ2v) is 3.71. The molecule has 2 rings (SSSR count). The van der Waals surface area contributed by atoms with Gasteiger partial charge in [0.05, 0.1) is 7.11 Å². The molecule has 0 saturated carbocycles. The van der Waals surface area contributed by atoms with Crippen molar-refractivity contribution in [2.45, 2.75) is 28.2 Å². The Morgan fingerprint density at radius 2 is 1.89 bits per heavy atom. The number of nitrogens with zero attached hydrogens (tertiary/aromatic N) is 1. The van der Waals surface area contributed by atoms with Crippen molar-refractivity contribution >= 4 is 6.08 Å². The van der Waals surface area contributed by atoms with Crippen molar-refractivity contribution in [3.63, 3.8) is 0 Å². The van der Waals surface area contributed by atoms with Crippen molar-refractivity contribution in [3.05, 3.63) is 54.4 Å². The van der Waals surface area contributed by atoms with Crippen LogP contribution in [0, 0.1) is 6.92 Å². The first-order valence-corrected chi connectivity index (χ1v) is 6.20. The molecule has 0 amide bonds. The van der Waals surface area contributed by atoms with Crippen LogP contribution in [0.3, 0.4) is 0 Å². The highest BCUT2D eigenvalue weighted by molar-refractivity contribution is 5.50. The van der Waals surface area contributed by atoms with Gasteiger partial charge in [-0.1, -0.05) is 40.0 Å². The summed E-state index contributed by atoms with van der Waals surface area (Å²) >= 11 is 0. The molecular formula is C17H25NO. The molecule has 0 aliphatic heterocycles. The highest BCUT2D eigenvalue weighted by Crippen LogP contribution is 2.22. The zero-order chi connectivity index (χ0) is 13.5. The van der Waals surface area contributed by atoms with E-state index in [-0.39, 0.29) is 7.43 Å². The van der Waals surface area contributed by atoms with Crippen LogP contribution in [0.25, 0.3) is 11.8 Å². The van der Waals surface area contributed by atoms with Gasteiger partial charge in [0.25, 0.3) is 0 Å². The maximum Gasteiger partial charge on any atom is 0.123 e. The molecule has 0 N–H and O–H groups in total. The van der Waals surface area contributed by atoms with Gasteiger partial charge in [0.15, 0.2) is 0 Å². The van der Waals surface area contributed by atoms with Crippen LogP contribution < -0.4 is 4.74 Å². The van der Waals surface area contributed by atoms with E-state index in [1.165, 1.54) is 0 Å². The number of benzene rings is 1. The van der Waals surface area contributed by atoms with Gasteiger partial charge in [0, 0.05) is 24.1 Å². The zero-order valence-electron chi connectivity index (χ0n) is 11.6. The summed E-state index contributed by atoms with van der Waals surface area (Å²) in [7, 11) is 1.69. The molecule has 2 heteroatoms. The van der Waals surface area contributed by atoms with Crippen LogP contribution >= 0.6 is 0 Å². The van der Waals surface area contributed by atoms with Gasteiger partial charge in [0.1, 0.15) is 5.75 Å². The Hall–Kier alpha value is -1.96.